The summed E-state index contributed by atoms with van der Waals surface area (Å²) in [6.45, 7) is 0. The van der Waals surface area contributed by atoms with Gasteiger partial charge in [0.25, 0.3) is 10.0 Å². The third-order valence-electron chi connectivity index (χ3n) is 7.27. The van der Waals surface area contributed by atoms with E-state index in [1.165, 1.54) is 18.2 Å². The number of hydrogen-bond donors (Lipinski definition) is 2. The van der Waals surface area contributed by atoms with Gasteiger partial charge < -0.3 is 10.2 Å². The number of hydrogen-bond acceptors (Lipinski definition) is 7. The number of likely N-dealkylation sites (tertiary alicyclic amines) is 1. The van der Waals surface area contributed by atoms with Crippen molar-refractivity contribution in [3.63, 3.8) is 0 Å². The lowest BCUT2D eigenvalue weighted by atomic mass is 9.79. The van der Waals surface area contributed by atoms with E-state index in [0.717, 1.165) is 51.2 Å². The fourth-order valence-electron chi connectivity index (χ4n) is 5.90. The molecule has 2 aliphatic carbocycles. The molecule has 0 spiro atoms. The molecule has 5 rings (SSSR count). The van der Waals surface area contributed by atoms with Crippen LogP contribution in [0.2, 0.25) is 0 Å². The summed E-state index contributed by atoms with van der Waals surface area (Å²) >= 11 is 0. The van der Waals surface area contributed by atoms with Gasteiger partial charge in [0.1, 0.15) is 10.7 Å². The highest BCUT2D eigenvalue weighted by atomic mass is 32.2. The van der Waals surface area contributed by atoms with Crippen LogP contribution in [0.3, 0.4) is 0 Å². The summed E-state index contributed by atoms with van der Waals surface area (Å²) in [5.74, 6) is -2.38. The highest BCUT2D eigenvalue weighted by molar-refractivity contribution is 7.92. The lowest BCUT2D eigenvalue weighted by molar-refractivity contribution is -0.152. The number of carbonyl (C=O) groups excluding carboxylic acids is 2. The van der Waals surface area contributed by atoms with Gasteiger partial charge in [0.15, 0.2) is 11.7 Å². The van der Waals surface area contributed by atoms with E-state index in [-0.39, 0.29) is 51.8 Å². The first-order chi connectivity index (χ1) is 16.0. The highest BCUT2D eigenvalue weighted by Crippen LogP contribution is 2.42. The maximum atomic E-state index is 13.7. The van der Waals surface area contributed by atoms with E-state index >= 15 is 0 Å². The van der Waals surface area contributed by atoms with Gasteiger partial charge in [-0.2, -0.15) is 8.42 Å². The molecule has 12 heteroatoms. The summed E-state index contributed by atoms with van der Waals surface area (Å²) in [7, 11) is -7.87. The number of nitrogens with one attached hydrogen (secondary N) is 2. The molecule has 3 fully saturated rings. The zero-order valence-electron chi connectivity index (χ0n) is 18.9. The molecule has 10 nitrogen and oxygen atoms in total. The molecule has 3 unspecified atom stereocenters. The number of Topliss-reactive ketones (excluding diaryl/α,β-unsaturated/α-hetero) is 1. The van der Waals surface area contributed by atoms with Crippen LogP contribution < -0.4 is 10.0 Å². The summed E-state index contributed by atoms with van der Waals surface area (Å²) in [4.78, 5) is 28.8. The quantitative estimate of drug-likeness (QED) is 0.593. The van der Waals surface area contributed by atoms with Crippen LogP contribution in [0, 0.1) is 11.8 Å². The lowest BCUT2D eigenvalue weighted by Crippen LogP contribution is -2.61. The van der Waals surface area contributed by atoms with Crippen LogP contribution in [0.4, 0.5) is 11.4 Å². The standard InChI is InChI=1S/C22H28N4O6S2/c1-33(29,30)24-13-10-11-16-18(12-13)34(31,32)25-21(23-16)19-20(27)15-8-5-9-17(15)26(22(19)28)14-6-3-2-4-7-14/h10-12,14-15,17,19,24H,2-9H2,1H3,(H,23,25). The molecule has 4 aliphatic rings. The van der Waals surface area contributed by atoms with Crippen LogP contribution in [0.25, 0.3) is 0 Å². The van der Waals surface area contributed by atoms with Gasteiger partial charge >= 0.3 is 0 Å². The SMILES string of the molecule is CS(=O)(=O)Nc1ccc2c(c1)S(=O)(=O)N=C(C1C(=O)C3CCCC3N(C3CCCCC3)C1=O)N2. The minimum Gasteiger partial charge on any atom is -0.341 e. The molecule has 2 N–H and O–H groups in total. The van der Waals surface area contributed by atoms with E-state index in [1.54, 1.807) is 0 Å². The first kappa shape index (κ1) is 23.3. The van der Waals surface area contributed by atoms with Crippen LogP contribution in [-0.4, -0.2) is 57.6 Å². The van der Waals surface area contributed by atoms with Crippen molar-refractivity contribution in [2.45, 2.75) is 68.3 Å². The van der Waals surface area contributed by atoms with Crippen molar-refractivity contribution in [1.82, 2.24) is 4.90 Å². The Morgan fingerprint density at radius 3 is 2.50 bits per heavy atom. The van der Waals surface area contributed by atoms with Crippen molar-refractivity contribution in [2.24, 2.45) is 16.2 Å². The number of carbonyl (C=O) groups is 2. The molecule has 1 saturated heterocycles. The molecule has 0 aromatic heterocycles. The van der Waals surface area contributed by atoms with Gasteiger partial charge in [-0.25, -0.2) is 8.42 Å². The van der Waals surface area contributed by atoms with Crippen LogP contribution in [0.5, 0.6) is 0 Å². The fourth-order valence-corrected chi connectivity index (χ4v) is 7.63. The number of piperidine rings is 1. The fraction of sp³-hybridized carbons (Fsp3) is 0.591. The van der Waals surface area contributed by atoms with E-state index in [0.29, 0.717) is 6.42 Å². The number of anilines is 2. The van der Waals surface area contributed by atoms with Crippen LogP contribution in [-0.2, 0) is 29.6 Å². The number of fused-ring (bicyclic) bond motifs is 2. The van der Waals surface area contributed by atoms with Crippen molar-refractivity contribution >= 4 is 48.9 Å². The zero-order valence-corrected chi connectivity index (χ0v) is 20.5. The summed E-state index contributed by atoms with van der Waals surface area (Å²) in [6, 6.07) is 3.95. The van der Waals surface area contributed by atoms with E-state index in [4.69, 9.17) is 0 Å². The molecule has 184 valence electrons. The minimum absolute atomic E-state index is 0.0696. The van der Waals surface area contributed by atoms with Crippen LogP contribution in [0.15, 0.2) is 27.5 Å². The largest absolute Gasteiger partial charge is 0.341 e. The first-order valence-corrected chi connectivity index (χ1v) is 15.0. The zero-order chi connectivity index (χ0) is 24.3. The Morgan fingerprint density at radius 1 is 1.06 bits per heavy atom. The van der Waals surface area contributed by atoms with Gasteiger partial charge in [-0.15, -0.1) is 4.40 Å². The second-order valence-electron chi connectivity index (χ2n) is 9.64. The van der Waals surface area contributed by atoms with E-state index in [2.05, 4.69) is 14.4 Å². The maximum Gasteiger partial charge on any atom is 0.286 e. The summed E-state index contributed by atoms with van der Waals surface area (Å²) in [6.07, 6.45) is 8.31. The molecule has 34 heavy (non-hydrogen) atoms. The smallest absolute Gasteiger partial charge is 0.286 e. The van der Waals surface area contributed by atoms with E-state index in [9.17, 15) is 26.4 Å². The van der Waals surface area contributed by atoms with Gasteiger partial charge in [0, 0.05) is 23.7 Å². The van der Waals surface area contributed by atoms with Gasteiger partial charge in [0.2, 0.25) is 15.9 Å². The molecular weight excluding hydrogens is 480 g/mol. The van der Waals surface area contributed by atoms with Crippen molar-refractivity contribution in [2.75, 3.05) is 16.3 Å². The van der Waals surface area contributed by atoms with Gasteiger partial charge in [-0.3, -0.25) is 14.3 Å². The van der Waals surface area contributed by atoms with E-state index < -0.39 is 26.0 Å². The number of amidine groups is 1. The van der Waals surface area contributed by atoms with Gasteiger partial charge in [-0.1, -0.05) is 25.7 Å². The first-order valence-electron chi connectivity index (χ1n) is 11.6. The molecule has 1 aromatic carbocycles. The Labute approximate surface area is 199 Å². The van der Waals surface area contributed by atoms with Crippen molar-refractivity contribution < 1.29 is 26.4 Å². The average molecular weight is 509 g/mol. The average Bonchev–Trinajstić information content (AvgIpc) is 3.23. The Morgan fingerprint density at radius 2 is 1.79 bits per heavy atom. The van der Waals surface area contributed by atoms with E-state index in [1.807, 2.05) is 4.90 Å². The molecule has 2 aliphatic heterocycles. The number of benzene rings is 1. The Bertz CT molecular complexity index is 1280. The minimum atomic E-state index is -4.26. The Hall–Kier alpha value is -2.47. The number of sulfonamides is 2. The van der Waals surface area contributed by atoms with Crippen LogP contribution >= 0.6 is 0 Å². The molecule has 0 radical (unpaired) electrons. The van der Waals surface area contributed by atoms with Crippen LogP contribution in [0.1, 0.15) is 51.4 Å². The van der Waals surface area contributed by atoms with Crippen molar-refractivity contribution in [3.05, 3.63) is 18.2 Å². The van der Waals surface area contributed by atoms with Gasteiger partial charge in [-0.05, 0) is 43.9 Å². The second kappa shape index (κ2) is 8.33. The summed E-state index contributed by atoms with van der Waals surface area (Å²) in [5, 5.41) is 2.90. The molecule has 0 bridgehead atoms. The topological polar surface area (TPSA) is 142 Å². The maximum absolute atomic E-state index is 13.7. The number of amides is 1. The molecule has 1 amide bonds. The third-order valence-corrected chi connectivity index (χ3v) is 9.21. The predicted molar refractivity (Wildman–Crippen MR) is 126 cm³/mol. The number of rotatable bonds is 4. The number of ketones is 1. The highest BCUT2D eigenvalue weighted by Gasteiger charge is 2.54. The normalized spacial score (nSPS) is 29.1. The lowest BCUT2D eigenvalue weighted by Gasteiger charge is -2.46. The Kier molecular flexibility index (Phi) is 5.70. The predicted octanol–water partition coefficient (Wildman–Crippen LogP) is 2.10. The molecule has 3 atom stereocenters. The molecule has 2 saturated carbocycles. The Balaban J connectivity index is 1.51. The van der Waals surface area contributed by atoms with Crippen molar-refractivity contribution in [3.8, 4) is 0 Å². The van der Waals surface area contributed by atoms with Crippen molar-refractivity contribution in [1.29, 1.82) is 0 Å². The monoisotopic (exact) mass is 508 g/mol. The third kappa shape index (κ3) is 4.10. The molecular formula is C22H28N4O6S2. The number of nitrogens with zero attached hydrogens (tertiary/aromatic N) is 2. The summed E-state index contributed by atoms with van der Waals surface area (Å²) < 4.78 is 55.2. The molecule has 2 heterocycles. The molecule has 1 aromatic rings. The van der Waals surface area contributed by atoms with Gasteiger partial charge in [0.05, 0.1) is 11.9 Å². The second-order valence-corrected chi connectivity index (χ2v) is 13.0. The summed E-state index contributed by atoms with van der Waals surface area (Å²) in [5.41, 5.74) is 0.231.